The van der Waals surface area contributed by atoms with E-state index in [1.807, 2.05) is 85.8 Å². The lowest BCUT2D eigenvalue weighted by atomic mass is 9.93. The first kappa shape index (κ1) is 25.3. The van der Waals surface area contributed by atoms with E-state index in [1.54, 1.807) is 22.9 Å². The van der Waals surface area contributed by atoms with Gasteiger partial charge in [0.25, 0.3) is 0 Å². The fraction of sp³-hybridized carbons (Fsp3) is 0.188. The number of nitrogens with one attached hydrogen (secondary N) is 1. The number of nitrogens with zero attached hydrogens (tertiary/aromatic N) is 3. The Hall–Kier alpha value is -4.98. The van der Waals surface area contributed by atoms with Crippen molar-refractivity contribution >= 4 is 23.7 Å². The highest BCUT2D eigenvalue weighted by molar-refractivity contribution is 5.90. The Bertz CT molecular complexity index is 1670. The summed E-state index contributed by atoms with van der Waals surface area (Å²) in [5, 5.41) is 2.88. The van der Waals surface area contributed by atoms with Gasteiger partial charge < -0.3 is 9.47 Å². The topological polar surface area (TPSA) is 94.8 Å². The maximum absolute atomic E-state index is 12.9. The first-order valence-electron chi connectivity index (χ1n) is 13.1. The highest BCUT2D eigenvalue weighted by atomic mass is 16.6. The van der Waals surface area contributed by atoms with E-state index >= 15 is 0 Å². The molecule has 8 nitrogen and oxygen atoms in total. The Morgan fingerprint density at radius 2 is 1.55 bits per heavy atom. The number of imidazole rings is 1. The minimum atomic E-state index is -0.583. The molecule has 0 radical (unpaired) electrons. The summed E-state index contributed by atoms with van der Waals surface area (Å²) in [7, 11) is 1.44. The molecule has 0 aliphatic heterocycles. The van der Waals surface area contributed by atoms with Crippen molar-refractivity contribution in [3.63, 3.8) is 0 Å². The number of hydrogen-bond donors (Lipinski definition) is 1. The highest BCUT2D eigenvalue weighted by Gasteiger charge is 2.52. The molecule has 3 aromatic carbocycles. The number of esters is 1. The average molecular weight is 533 g/mol. The number of carbonyl (C=O) groups excluding carboxylic acids is 2. The van der Waals surface area contributed by atoms with Crippen molar-refractivity contribution in [3.05, 3.63) is 108 Å². The van der Waals surface area contributed by atoms with Crippen LogP contribution in [0.2, 0.25) is 0 Å². The standard InChI is InChI=1S/C32H28N4O4/c1-21(22-7-4-3-5-8-22)40-31(38)35-28-27(34-30-33-19-6-20-36(28)30)25-11-9-23(10-12-25)24-13-15-26(16-14-24)32(17-18-32)29(37)39-2/h3-16,19-21H,17-18H2,1-2H3,(H,35,38)/t21-/m1/s1. The van der Waals surface area contributed by atoms with E-state index in [1.165, 1.54) is 7.11 Å². The van der Waals surface area contributed by atoms with Crippen molar-refractivity contribution in [2.24, 2.45) is 0 Å². The molecule has 1 N–H and O–H groups in total. The summed E-state index contributed by atoms with van der Waals surface area (Å²) in [6.07, 6.45) is 4.08. The Morgan fingerprint density at radius 1 is 0.900 bits per heavy atom. The van der Waals surface area contributed by atoms with Gasteiger partial charge in [-0.2, -0.15) is 0 Å². The lowest BCUT2D eigenvalue weighted by molar-refractivity contribution is -0.143. The second kappa shape index (κ2) is 10.3. The third kappa shape index (κ3) is 4.68. The maximum Gasteiger partial charge on any atom is 0.413 e. The molecular formula is C32H28N4O4. The normalized spacial score (nSPS) is 14.3. The predicted octanol–water partition coefficient (Wildman–Crippen LogP) is 6.58. The van der Waals surface area contributed by atoms with Crippen LogP contribution in [0.25, 0.3) is 28.2 Å². The SMILES string of the molecule is COC(=O)C1(c2ccc(-c3ccc(-c4nc5ncccn5c4NC(=O)O[C@H](C)c4ccccc4)cc3)cc2)CC1. The van der Waals surface area contributed by atoms with Crippen molar-refractivity contribution < 1.29 is 19.1 Å². The monoisotopic (exact) mass is 532 g/mol. The van der Waals surface area contributed by atoms with Crippen LogP contribution in [-0.4, -0.2) is 33.5 Å². The molecule has 1 amide bonds. The van der Waals surface area contributed by atoms with Crippen molar-refractivity contribution in [1.82, 2.24) is 14.4 Å². The molecule has 8 heteroatoms. The molecule has 2 aromatic heterocycles. The maximum atomic E-state index is 12.9. The molecule has 0 unspecified atom stereocenters. The largest absolute Gasteiger partial charge is 0.468 e. The zero-order valence-electron chi connectivity index (χ0n) is 22.2. The summed E-state index contributed by atoms with van der Waals surface area (Å²) in [6.45, 7) is 1.83. The lowest BCUT2D eigenvalue weighted by Crippen LogP contribution is -2.21. The van der Waals surface area contributed by atoms with Crippen LogP contribution in [-0.2, 0) is 19.7 Å². The number of benzene rings is 3. The van der Waals surface area contributed by atoms with Crippen LogP contribution in [0.5, 0.6) is 0 Å². The van der Waals surface area contributed by atoms with Crippen molar-refractivity contribution in [2.45, 2.75) is 31.3 Å². The van der Waals surface area contributed by atoms with Crippen LogP contribution < -0.4 is 5.32 Å². The van der Waals surface area contributed by atoms with Gasteiger partial charge in [-0.25, -0.2) is 14.8 Å². The van der Waals surface area contributed by atoms with Gasteiger partial charge in [-0.3, -0.25) is 14.5 Å². The van der Waals surface area contributed by atoms with Crippen LogP contribution in [0.4, 0.5) is 10.6 Å². The molecule has 0 saturated heterocycles. The van der Waals surface area contributed by atoms with Crippen LogP contribution in [0.3, 0.4) is 0 Å². The van der Waals surface area contributed by atoms with Crippen LogP contribution >= 0.6 is 0 Å². The molecular weight excluding hydrogens is 504 g/mol. The van der Waals surface area contributed by atoms with E-state index in [4.69, 9.17) is 9.47 Å². The lowest BCUT2D eigenvalue weighted by Gasteiger charge is -2.15. The Kier molecular flexibility index (Phi) is 6.51. The molecule has 1 fully saturated rings. The number of methoxy groups -OCH3 is 1. The molecule has 200 valence electrons. The van der Waals surface area contributed by atoms with E-state index in [0.29, 0.717) is 17.3 Å². The van der Waals surface area contributed by atoms with Crippen LogP contribution in [0.1, 0.15) is 37.0 Å². The van der Waals surface area contributed by atoms with Gasteiger partial charge in [-0.1, -0.05) is 78.9 Å². The zero-order chi connectivity index (χ0) is 27.7. The molecule has 1 saturated carbocycles. The van der Waals surface area contributed by atoms with Gasteiger partial charge in [0.15, 0.2) is 0 Å². The Balaban J connectivity index is 1.25. The van der Waals surface area contributed by atoms with Crippen LogP contribution in [0, 0.1) is 0 Å². The van der Waals surface area contributed by atoms with E-state index in [9.17, 15) is 9.59 Å². The van der Waals surface area contributed by atoms with Crippen LogP contribution in [0.15, 0.2) is 97.3 Å². The summed E-state index contributed by atoms with van der Waals surface area (Å²) in [4.78, 5) is 34.2. The Morgan fingerprint density at radius 3 is 2.20 bits per heavy atom. The van der Waals surface area contributed by atoms with Crippen molar-refractivity contribution in [2.75, 3.05) is 12.4 Å². The molecule has 1 aliphatic carbocycles. The summed E-state index contributed by atoms with van der Waals surface area (Å²) in [5.41, 5.74) is 4.85. The number of hydrogen-bond acceptors (Lipinski definition) is 6. The number of carbonyl (C=O) groups is 2. The molecule has 6 rings (SSSR count). The van der Waals surface area contributed by atoms with E-state index in [2.05, 4.69) is 15.3 Å². The summed E-state index contributed by atoms with van der Waals surface area (Å²) in [5.74, 6) is 0.764. The summed E-state index contributed by atoms with van der Waals surface area (Å²) >= 11 is 0. The zero-order valence-corrected chi connectivity index (χ0v) is 22.2. The van der Waals surface area contributed by atoms with E-state index in [0.717, 1.165) is 40.7 Å². The summed E-state index contributed by atoms with van der Waals surface area (Å²) in [6, 6.07) is 27.4. The molecule has 2 heterocycles. The number of rotatable bonds is 7. The number of anilines is 1. The molecule has 5 aromatic rings. The second-order valence-corrected chi connectivity index (χ2v) is 9.91. The van der Waals surface area contributed by atoms with Crippen molar-refractivity contribution in [3.8, 4) is 22.4 Å². The average Bonchev–Trinajstić information content (AvgIpc) is 3.74. The quantitative estimate of drug-likeness (QED) is 0.238. The third-order valence-corrected chi connectivity index (χ3v) is 7.43. The fourth-order valence-corrected chi connectivity index (χ4v) is 5.02. The van der Waals surface area contributed by atoms with Gasteiger partial charge in [0.2, 0.25) is 5.78 Å². The number of amides is 1. The fourth-order valence-electron chi connectivity index (χ4n) is 5.02. The number of aromatic nitrogens is 3. The number of ether oxygens (including phenoxy) is 2. The van der Waals surface area contributed by atoms with Gasteiger partial charge in [-0.05, 0) is 48.1 Å². The van der Waals surface area contributed by atoms with E-state index in [-0.39, 0.29) is 5.97 Å². The van der Waals surface area contributed by atoms with Gasteiger partial charge in [0, 0.05) is 18.0 Å². The molecule has 0 spiro atoms. The molecule has 0 bridgehead atoms. The third-order valence-electron chi connectivity index (χ3n) is 7.43. The number of fused-ring (bicyclic) bond motifs is 1. The minimum absolute atomic E-state index is 0.172. The van der Waals surface area contributed by atoms with Gasteiger partial charge in [0.05, 0.1) is 12.5 Å². The Labute approximate surface area is 231 Å². The van der Waals surface area contributed by atoms with E-state index < -0.39 is 17.6 Å². The van der Waals surface area contributed by atoms with Crippen molar-refractivity contribution in [1.29, 1.82) is 0 Å². The smallest absolute Gasteiger partial charge is 0.413 e. The first-order valence-corrected chi connectivity index (χ1v) is 13.1. The molecule has 1 aliphatic rings. The highest BCUT2D eigenvalue weighted by Crippen LogP contribution is 2.49. The van der Waals surface area contributed by atoms with Gasteiger partial charge >= 0.3 is 12.1 Å². The second-order valence-electron chi connectivity index (χ2n) is 9.91. The minimum Gasteiger partial charge on any atom is -0.468 e. The first-order chi connectivity index (χ1) is 19.5. The summed E-state index contributed by atoms with van der Waals surface area (Å²) < 4.78 is 12.4. The van der Waals surface area contributed by atoms with Gasteiger partial charge in [0.1, 0.15) is 17.6 Å². The predicted molar refractivity (Wildman–Crippen MR) is 152 cm³/mol. The van der Waals surface area contributed by atoms with Gasteiger partial charge in [-0.15, -0.1) is 0 Å². The molecule has 1 atom stereocenters. The molecule has 40 heavy (non-hydrogen) atoms.